The van der Waals surface area contributed by atoms with Crippen molar-refractivity contribution >= 4 is 11.7 Å². The molecule has 1 saturated carbocycles. The average molecular weight is 420 g/mol. The molecule has 1 aromatic rings. The zero-order valence-electron chi connectivity index (χ0n) is 17.4. The second kappa shape index (κ2) is 8.72. The van der Waals surface area contributed by atoms with E-state index in [1.54, 1.807) is 13.8 Å². The number of aromatic nitrogens is 1. The summed E-state index contributed by atoms with van der Waals surface area (Å²) in [5.74, 6) is 2.25. The van der Waals surface area contributed by atoms with Gasteiger partial charge in [-0.15, -0.1) is 0 Å². The van der Waals surface area contributed by atoms with Gasteiger partial charge in [0, 0.05) is 13.0 Å². The van der Waals surface area contributed by atoms with Gasteiger partial charge in [0.05, 0.1) is 11.5 Å². The van der Waals surface area contributed by atoms with Crippen molar-refractivity contribution in [2.24, 2.45) is 27.2 Å². The minimum absolute atomic E-state index is 0.110. The van der Waals surface area contributed by atoms with Crippen LogP contribution in [0.2, 0.25) is 0 Å². The first-order valence-corrected chi connectivity index (χ1v) is 10.2. The van der Waals surface area contributed by atoms with Crippen molar-refractivity contribution in [3.63, 3.8) is 0 Å². The Morgan fingerprint density at radius 1 is 1.27 bits per heavy atom. The van der Waals surface area contributed by atoms with Crippen LogP contribution in [0.1, 0.15) is 57.8 Å². The van der Waals surface area contributed by atoms with Gasteiger partial charge in [-0.05, 0) is 57.1 Å². The molecule has 1 aromatic heterocycles. The number of pyridine rings is 1. The minimum atomic E-state index is -4.53. The van der Waals surface area contributed by atoms with Crippen LogP contribution in [0, 0.1) is 28.6 Å². The highest BCUT2D eigenvalue weighted by molar-refractivity contribution is 6.09. The van der Waals surface area contributed by atoms with Crippen LogP contribution in [-0.4, -0.2) is 29.5 Å². The van der Waals surface area contributed by atoms with E-state index in [9.17, 15) is 18.4 Å². The maximum Gasteiger partial charge on any atom is 0.433 e. The maximum absolute atomic E-state index is 13.1. The average Bonchev–Trinajstić information content (AvgIpc) is 3.55. The minimum Gasteiger partial charge on any atom is -0.327 e. The van der Waals surface area contributed by atoms with Gasteiger partial charge < -0.3 is 5.32 Å². The summed E-state index contributed by atoms with van der Waals surface area (Å²) in [7, 11) is 0. The topological polar surface area (TPSA) is 85.5 Å². The predicted octanol–water partition coefficient (Wildman–Crippen LogP) is 4.10. The number of rotatable bonds is 8. The van der Waals surface area contributed by atoms with Crippen LogP contribution < -0.4 is 10.6 Å². The quantitative estimate of drug-likeness (QED) is 0.663. The molecular formula is C21H27F3N6. The van der Waals surface area contributed by atoms with Crippen molar-refractivity contribution in [3.05, 3.63) is 29.6 Å². The molecule has 6 nitrogen and oxygen atoms in total. The summed E-state index contributed by atoms with van der Waals surface area (Å²) in [5, 5.41) is 15.4. The number of nitrogens with zero attached hydrogens (tertiary/aromatic N) is 4. The second-order valence-corrected chi connectivity index (χ2v) is 8.69. The van der Waals surface area contributed by atoms with Crippen LogP contribution in [0.3, 0.4) is 0 Å². The number of alkyl halides is 3. The highest BCUT2D eigenvalue weighted by atomic mass is 19.4. The molecule has 1 aliphatic heterocycles. The van der Waals surface area contributed by atoms with Crippen molar-refractivity contribution in [3.8, 4) is 6.07 Å². The van der Waals surface area contributed by atoms with Crippen LogP contribution >= 0.6 is 0 Å². The fraction of sp³-hybridized carbons (Fsp3) is 0.619. The molecule has 0 bridgehead atoms. The fourth-order valence-corrected chi connectivity index (χ4v) is 3.22. The van der Waals surface area contributed by atoms with E-state index in [4.69, 9.17) is 0 Å². The van der Waals surface area contributed by atoms with Gasteiger partial charge in [0.25, 0.3) is 0 Å². The molecule has 0 spiro atoms. The van der Waals surface area contributed by atoms with E-state index in [0.29, 0.717) is 24.7 Å². The van der Waals surface area contributed by atoms with E-state index >= 15 is 0 Å². The van der Waals surface area contributed by atoms with Gasteiger partial charge in [0.2, 0.25) is 0 Å². The van der Waals surface area contributed by atoms with E-state index in [2.05, 4.69) is 38.6 Å². The first kappa shape index (κ1) is 22.2. The Bertz CT molecular complexity index is 864. The zero-order valence-corrected chi connectivity index (χ0v) is 17.4. The third-order valence-corrected chi connectivity index (χ3v) is 5.37. The van der Waals surface area contributed by atoms with Crippen LogP contribution in [-0.2, 0) is 6.18 Å². The lowest BCUT2D eigenvalue weighted by molar-refractivity contribution is -0.141. The fourth-order valence-electron chi connectivity index (χ4n) is 3.22. The number of aliphatic imine (C=N–C) groups is 2. The number of hydrogen-bond donors (Lipinski definition) is 2. The number of nitrogens with one attached hydrogen (secondary N) is 2. The lowest BCUT2D eigenvalue weighted by atomic mass is 9.96. The monoisotopic (exact) mass is 420 g/mol. The molecule has 2 atom stereocenters. The van der Waals surface area contributed by atoms with Crippen molar-refractivity contribution < 1.29 is 13.2 Å². The molecular weight excluding hydrogens is 393 g/mol. The number of hydrogen-bond acceptors (Lipinski definition) is 6. The molecule has 2 aliphatic rings. The zero-order chi connectivity index (χ0) is 21.9. The van der Waals surface area contributed by atoms with E-state index < -0.39 is 23.6 Å². The van der Waals surface area contributed by atoms with Gasteiger partial charge in [-0.25, -0.2) is 15.0 Å². The molecule has 0 aromatic carbocycles. The van der Waals surface area contributed by atoms with Gasteiger partial charge >= 0.3 is 6.18 Å². The molecule has 3 rings (SSSR count). The Labute approximate surface area is 174 Å². The first-order valence-electron chi connectivity index (χ1n) is 10.2. The molecule has 1 aliphatic carbocycles. The van der Waals surface area contributed by atoms with Crippen LogP contribution in [0.4, 0.5) is 13.2 Å². The summed E-state index contributed by atoms with van der Waals surface area (Å²) in [6, 6.07) is 5.95. The van der Waals surface area contributed by atoms with Gasteiger partial charge in [0.15, 0.2) is 12.1 Å². The Kier molecular flexibility index (Phi) is 6.46. The smallest absolute Gasteiger partial charge is 0.327 e. The van der Waals surface area contributed by atoms with Gasteiger partial charge in [-0.1, -0.05) is 13.0 Å². The van der Waals surface area contributed by atoms with E-state index in [-0.39, 0.29) is 11.5 Å². The molecule has 162 valence electrons. The van der Waals surface area contributed by atoms with Gasteiger partial charge in [0.1, 0.15) is 17.2 Å². The van der Waals surface area contributed by atoms with Crippen LogP contribution in [0.15, 0.2) is 28.2 Å². The summed E-state index contributed by atoms with van der Waals surface area (Å²) in [4.78, 5) is 12.7. The van der Waals surface area contributed by atoms with Gasteiger partial charge in [-0.3, -0.25) is 5.32 Å². The van der Waals surface area contributed by atoms with Gasteiger partial charge in [-0.2, -0.15) is 18.4 Å². The first-order chi connectivity index (χ1) is 14.1. The number of nitriles is 1. The Morgan fingerprint density at radius 2 is 2.00 bits per heavy atom. The second-order valence-electron chi connectivity index (χ2n) is 8.69. The third-order valence-electron chi connectivity index (χ3n) is 5.37. The van der Waals surface area contributed by atoms with E-state index in [1.165, 1.54) is 25.0 Å². The molecule has 1 unspecified atom stereocenters. The molecule has 2 heterocycles. The van der Waals surface area contributed by atoms with Crippen molar-refractivity contribution in [1.29, 1.82) is 5.26 Å². The lowest BCUT2D eigenvalue weighted by Crippen LogP contribution is -2.44. The molecule has 0 saturated heterocycles. The molecule has 9 heteroatoms. The summed E-state index contributed by atoms with van der Waals surface area (Å²) in [5.41, 5.74) is -1.48. The van der Waals surface area contributed by atoms with Crippen molar-refractivity contribution in [1.82, 2.24) is 15.6 Å². The third kappa shape index (κ3) is 6.02. The summed E-state index contributed by atoms with van der Waals surface area (Å²) >= 11 is 0. The van der Waals surface area contributed by atoms with Crippen LogP contribution in [0.25, 0.3) is 0 Å². The summed E-state index contributed by atoms with van der Waals surface area (Å²) in [6.45, 7) is 6.15. The number of halogens is 3. The Balaban J connectivity index is 1.79. The molecule has 30 heavy (non-hydrogen) atoms. The maximum atomic E-state index is 13.1. The summed E-state index contributed by atoms with van der Waals surface area (Å²) < 4.78 is 39.2. The molecule has 2 N–H and O–H groups in total. The highest BCUT2D eigenvalue weighted by Gasteiger charge is 2.33. The molecule has 0 radical (unpaired) electrons. The van der Waals surface area contributed by atoms with Crippen molar-refractivity contribution in [2.75, 3.05) is 6.54 Å². The Hall–Kier alpha value is -2.47. The predicted molar refractivity (Wildman–Crippen MR) is 109 cm³/mol. The highest BCUT2D eigenvalue weighted by Crippen LogP contribution is 2.38. The molecule has 0 amide bonds. The summed E-state index contributed by atoms with van der Waals surface area (Å²) in [6.07, 6.45) is -1.08. The van der Waals surface area contributed by atoms with Crippen LogP contribution in [0.5, 0.6) is 0 Å². The van der Waals surface area contributed by atoms with E-state index in [1.807, 2.05) is 0 Å². The molecule has 1 fully saturated rings. The van der Waals surface area contributed by atoms with Crippen molar-refractivity contribution in [2.45, 2.75) is 58.9 Å². The number of amidine groups is 2. The largest absolute Gasteiger partial charge is 0.433 e. The Morgan fingerprint density at radius 3 is 2.63 bits per heavy atom. The SMILES string of the molecule is C[C@@H](CCC1=NC(NCC(C)(C)C#N)N=C(c2cccc(C(F)(F)F)n2)N1)C1CC1. The standard InChI is InChI=1S/C21H27F3N6/c1-13(14-8-9-14)7-10-17-28-18(15-5-4-6-16(27-15)21(22,23)24)30-19(29-17)26-12-20(2,3)11-25/h4-6,13-14,19,26H,7-10,12H2,1-3H3,(H,28,29,30)/t13-,19?/m0/s1. The lowest BCUT2D eigenvalue weighted by Gasteiger charge is -2.25. The normalized spacial score (nSPS) is 20.6. The van der Waals surface area contributed by atoms with E-state index in [0.717, 1.165) is 18.4 Å².